The van der Waals surface area contributed by atoms with Crippen molar-refractivity contribution in [1.29, 1.82) is 0 Å². The van der Waals surface area contributed by atoms with Gasteiger partial charge in [-0.15, -0.1) is 0 Å². The molecule has 0 unspecified atom stereocenters. The van der Waals surface area contributed by atoms with Crippen LogP contribution in [0.1, 0.15) is 0 Å². The predicted molar refractivity (Wildman–Crippen MR) is 81.8 cm³/mol. The molecular formula is C13H9F3O7S3. The van der Waals surface area contributed by atoms with Gasteiger partial charge in [0, 0.05) is 0 Å². The summed E-state index contributed by atoms with van der Waals surface area (Å²) in [7, 11) is -15.3. The molecule has 0 amide bonds. The molecule has 26 heavy (non-hydrogen) atoms. The molecule has 0 aliphatic heterocycles. The highest BCUT2D eigenvalue weighted by atomic mass is 32.3. The molecule has 0 aliphatic carbocycles. The lowest BCUT2D eigenvalue weighted by Gasteiger charge is -2.10. The molecule has 142 valence electrons. The standard InChI is InChI=1S/C13H9F3O7S3/c14-8-5-6-9(15)13(12(8)16)25(19,20)7-24(17,18)10-3-1-2-4-11(10)26(21,22)23/h1-6H,7H2,(H,21,22,23). The van der Waals surface area contributed by atoms with Gasteiger partial charge >= 0.3 is 0 Å². The highest BCUT2D eigenvalue weighted by molar-refractivity contribution is 8.08. The first-order chi connectivity index (χ1) is 11.8. The Morgan fingerprint density at radius 3 is 1.77 bits per heavy atom. The number of benzene rings is 2. The molecule has 0 radical (unpaired) electrons. The first kappa shape index (κ1) is 20.4. The lowest BCUT2D eigenvalue weighted by Crippen LogP contribution is -2.21. The Morgan fingerprint density at radius 2 is 1.23 bits per heavy atom. The van der Waals surface area contributed by atoms with Gasteiger partial charge in [0.2, 0.25) is 0 Å². The van der Waals surface area contributed by atoms with Crippen LogP contribution in [0.2, 0.25) is 0 Å². The molecule has 0 saturated carbocycles. The summed E-state index contributed by atoms with van der Waals surface area (Å²) in [6, 6.07) is 4.08. The van der Waals surface area contributed by atoms with E-state index in [9.17, 15) is 38.4 Å². The summed E-state index contributed by atoms with van der Waals surface area (Å²) in [5, 5.41) is -1.95. The Bertz CT molecular complexity index is 1190. The maximum Gasteiger partial charge on any atom is 0.295 e. The average Bonchev–Trinajstić information content (AvgIpc) is 2.49. The Morgan fingerprint density at radius 1 is 0.731 bits per heavy atom. The van der Waals surface area contributed by atoms with Crippen molar-refractivity contribution in [2.45, 2.75) is 14.7 Å². The first-order valence-electron chi connectivity index (χ1n) is 6.43. The van der Waals surface area contributed by atoms with Gasteiger partial charge in [-0.1, -0.05) is 12.1 Å². The number of hydrogen-bond acceptors (Lipinski definition) is 6. The lowest BCUT2D eigenvalue weighted by atomic mass is 10.3. The van der Waals surface area contributed by atoms with Crippen LogP contribution < -0.4 is 0 Å². The van der Waals surface area contributed by atoms with E-state index in [1.165, 1.54) is 0 Å². The highest BCUT2D eigenvalue weighted by Gasteiger charge is 2.34. The SMILES string of the molecule is O=S(=O)(O)c1ccccc1S(=O)(=O)CS(=O)(=O)c1c(F)ccc(F)c1F. The molecule has 2 rings (SSSR count). The normalized spacial score (nSPS) is 12.9. The second-order valence-corrected chi connectivity index (χ2v) is 10.6. The van der Waals surface area contributed by atoms with E-state index < -0.39 is 67.0 Å². The summed E-state index contributed by atoms with van der Waals surface area (Å²) >= 11 is 0. The summed E-state index contributed by atoms with van der Waals surface area (Å²) in [6.45, 7) is 0. The van der Waals surface area contributed by atoms with Gasteiger partial charge < -0.3 is 0 Å². The van der Waals surface area contributed by atoms with E-state index in [2.05, 4.69) is 0 Å². The van der Waals surface area contributed by atoms with Gasteiger partial charge in [-0.3, -0.25) is 4.55 Å². The summed E-state index contributed by atoms with van der Waals surface area (Å²) in [6.07, 6.45) is 0. The Hall–Kier alpha value is -1.96. The maximum absolute atomic E-state index is 13.7. The third kappa shape index (κ3) is 3.90. The van der Waals surface area contributed by atoms with E-state index in [0.29, 0.717) is 24.3 Å². The van der Waals surface area contributed by atoms with Crippen LogP contribution in [0.4, 0.5) is 13.2 Å². The van der Waals surface area contributed by atoms with Crippen LogP contribution in [0.15, 0.2) is 51.1 Å². The maximum atomic E-state index is 13.7. The van der Waals surface area contributed by atoms with Gasteiger partial charge in [0.15, 0.2) is 36.4 Å². The van der Waals surface area contributed by atoms with E-state index in [1.54, 1.807) is 0 Å². The molecule has 7 nitrogen and oxygen atoms in total. The second-order valence-electron chi connectivity index (χ2n) is 4.94. The van der Waals surface area contributed by atoms with Gasteiger partial charge in [-0.25, -0.2) is 30.0 Å². The molecule has 1 N–H and O–H groups in total. The third-order valence-corrected chi connectivity index (χ3v) is 8.63. The van der Waals surface area contributed by atoms with Gasteiger partial charge in [0.1, 0.15) is 15.6 Å². The zero-order chi connectivity index (χ0) is 19.9. The summed E-state index contributed by atoms with van der Waals surface area (Å²) in [5.74, 6) is -5.55. The van der Waals surface area contributed by atoms with Crippen molar-refractivity contribution in [1.82, 2.24) is 0 Å². The third-order valence-electron chi connectivity index (χ3n) is 3.09. The van der Waals surface area contributed by atoms with Crippen LogP contribution in [0.3, 0.4) is 0 Å². The van der Waals surface area contributed by atoms with Crippen molar-refractivity contribution in [3.63, 3.8) is 0 Å². The van der Waals surface area contributed by atoms with Gasteiger partial charge in [-0.05, 0) is 24.3 Å². The fraction of sp³-hybridized carbons (Fsp3) is 0.0769. The summed E-state index contributed by atoms with van der Waals surface area (Å²) < 4.78 is 121. The van der Waals surface area contributed by atoms with Crippen molar-refractivity contribution < 1.29 is 43.0 Å². The van der Waals surface area contributed by atoms with E-state index in [4.69, 9.17) is 4.55 Å². The van der Waals surface area contributed by atoms with Crippen LogP contribution in [-0.2, 0) is 29.8 Å². The molecule has 0 aromatic heterocycles. The van der Waals surface area contributed by atoms with Crippen molar-refractivity contribution in [2.75, 3.05) is 5.08 Å². The fourth-order valence-corrected chi connectivity index (χ4v) is 7.32. The predicted octanol–water partition coefficient (Wildman–Crippen LogP) is 1.56. The van der Waals surface area contributed by atoms with E-state index >= 15 is 0 Å². The smallest absolute Gasteiger partial charge is 0.282 e. The number of hydrogen-bond donors (Lipinski definition) is 1. The van der Waals surface area contributed by atoms with E-state index in [0.717, 1.165) is 12.1 Å². The lowest BCUT2D eigenvalue weighted by molar-refractivity contribution is 0.459. The van der Waals surface area contributed by atoms with E-state index in [-0.39, 0.29) is 0 Å². The van der Waals surface area contributed by atoms with Crippen molar-refractivity contribution in [2.24, 2.45) is 0 Å². The fourth-order valence-electron chi connectivity index (χ4n) is 2.04. The minimum atomic E-state index is -5.27. The van der Waals surface area contributed by atoms with Crippen molar-refractivity contribution in [3.8, 4) is 0 Å². The van der Waals surface area contributed by atoms with Crippen LogP contribution in [0, 0.1) is 17.5 Å². The quantitative estimate of drug-likeness (QED) is 0.564. The van der Waals surface area contributed by atoms with Crippen LogP contribution in [0.5, 0.6) is 0 Å². The molecule has 0 heterocycles. The largest absolute Gasteiger partial charge is 0.295 e. The monoisotopic (exact) mass is 430 g/mol. The zero-order valence-electron chi connectivity index (χ0n) is 12.4. The molecule has 0 atom stereocenters. The van der Waals surface area contributed by atoms with Crippen LogP contribution >= 0.6 is 0 Å². The Labute approximate surface area is 146 Å². The molecule has 13 heteroatoms. The molecular weight excluding hydrogens is 421 g/mol. The summed E-state index contributed by atoms with van der Waals surface area (Å²) in [4.78, 5) is -4.01. The average molecular weight is 430 g/mol. The Kier molecular flexibility index (Phi) is 5.20. The Balaban J connectivity index is 2.64. The van der Waals surface area contributed by atoms with Crippen molar-refractivity contribution in [3.05, 3.63) is 53.8 Å². The first-order valence-corrected chi connectivity index (χ1v) is 11.2. The molecule has 0 spiro atoms. The molecule has 2 aromatic rings. The van der Waals surface area contributed by atoms with Crippen molar-refractivity contribution >= 4 is 29.8 Å². The number of rotatable bonds is 5. The summed E-state index contributed by atoms with van der Waals surface area (Å²) in [5.41, 5.74) is 0. The van der Waals surface area contributed by atoms with Gasteiger partial charge in [-0.2, -0.15) is 8.42 Å². The zero-order valence-corrected chi connectivity index (χ0v) is 14.9. The molecule has 0 saturated heterocycles. The van der Waals surface area contributed by atoms with Crippen LogP contribution in [-0.4, -0.2) is 34.9 Å². The highest BCUT2D eigenvalue weighted by Crippen LogP contribution is 2.27. The second kappa shape index (κ2) is 6.64. The molecule has 0 fully saturated rings. The van der Waals surface area contributed by atoms with Gasteiger partial charge in [0.05, 0.1) is 4.90 Å². The molecule has 2 aromatic carbocycles. The molecule has 0 bridgehead atoms. The topological polar surface area (TPSA) is 123 Å². The van der Waals surface area contributed by atoms with E-state index in [1.807, 2.05) is 0 Å². The number of halogens is 3. The van der Waals surface area contributed by atoms with Crippen LogP contribution in [0.25, 0.3) is 0 Å². The minimum Gasteiger partial charge on any atom is -0.282 e. The number of sulfone groups is 2. The minimum absolute atomic E-state index is 0.296. The van der Waals surface area contributed by atoms with Gasteiger partial charge in [0.25, 0.3) is 10.1 Å². The molecule has 0 aliphatic rings.